The van der Waals surface area contributed by atoms with E-state index in [1.54, 1.807) is 10.6 Å². The number of carboxylic acid groups (broad SMARTS) is 1. The molecule has 0 aliphatic rings. The van der Waals surface area contributed by atoms with E-state index in [0.29, 0.717) is 19.4 Å². The summed E-state index contributed by atoms with van der Waals surface area (Å²) >= 11 is 0. The number of aryl methyl sites for hydroxylation is 1. The summed E-state index contributed by atoms with van der Waals surface area (Å²) in [5, 5.41) is 12.1. The molecule has 1 aromatic heterocycles. The van der Waals surface area contributed by atoms with Gasteiger partial charge < -0.3 is 15.0 Å². The second-order valence-electron chi connectivity index (χ2n) is 7.46. The Morgan fingerprint density at radius 2 is 1.75 bits per heavy atom. The van der Waals surface area contributed by atoms with E-state index in [-0.39, 0.29) is 17.5 Å². The highest BCUT2D eigenvalue weighted by Gasteiger charge is 2.32. The Morgan fingerprint density at radius 1 is 1.11 bits per heavy atom. The highest BCUT2D eigenvalue weighted by Crippen LogP contribution is 2.21. The number of carbonyl (C=O) groups excluding carboxylic acids is 1. The van der Waals surface area contributed by atoms with E-state index in [2.05, 4.69) is 19.2 Å². The SMILES string of the molecule is CCCCn1c(CCC)c(CC)cc(C(=O)NC(CC)(CC)CC(=O)O)c1=O. The molecule has 0 aliphatic heterocycles. The van der Waals surface area contributed by atoms with Gasteiger partial charge >= 0.3 is 5.97 Å². The highest BCUT2D eigenvalue weighted by molar-refractivity contribution is 5.95. The van der Waals surface area contributed by atoms with E-state index in [4.69, 9.17) is 0 Å². The number of carbonyl (C=O) groups is 2. The summed E-state index contributed by atoms with van der Waals surface area (Å²) in [6, 6.07) is 1.71. The van der Waals surface area contributed by atoms with Crippen molar-refractivity contribution in [2.24, 2.45) is 0 Å². The van der Waals surface area contributed by atoms with E-state index in [9.17, 15) is 19.5 Å². The molecule has 6 nitrogen and oxygen atoms in total. The van der Waals surface area contributed by atoms with Gasteiger partial charge in [-0.1, -0.05) is 47.5 Å². The van der Waals surface area contributed by atoms with Gasteiger partial charge in [-0.05, 0) is 43.7 Å². The van der Waals surface area contributed by atoms with E-state index in [1.165, 1.54) is 0 Å². The van der Waals surface area contributed by atoms with Crippen LogP contribution in [-0.4, -0.2) is 27.1 Å². The van der Waals surface area contributed by atoms with Gasteiger partial charge in [-0.3, -0.25) is 14.4 Å². The molecule has 0 unspecified atom stereocenters. The predicted molar refractivity (Wildman–Crippen MR) is 112 cm³/mol. The first-order chi connectivity index (χ1) is 13.3. The van der Waals surface area contributed by atoms with Crippen LogP contribution in [0.1, 0.15) is 94.8 Å². The van der Waals surface area contributed by atoms with Crippen LogP contribution in [0.4, 0.5) is 0 Å². The molecule has 0 saturated carbocycles. The normalized spacial score (nSPS) is 11.5. The molecule has 1 amide bonds. The summed E-state index contributed by atoms with van der Waals surface area (Å²) in [6.07, 6.45) is 5.11. The number of unbranched alkanes of at least 4 members (excludes halogenated alkanes) is 1. The van der Waals surface area contributed by atoms with Gasteiger partial charge in [-0.15, -0.1) is 0 Å². The zero-order valence-corrected chi connectivity index (χ0v) is 18.1. The Hall–Kier alpha value is -2.11. The van der Waals surface area contributed by atoms with Crippen LogP contribution in [0.15, 0.2) is 10.9 Å². The molecule has 0 radical (unpaired) electrons. The Balaban J connectivity index is 3.44. The summed E-state index contributed by atoms with van der Waals surface area (Å²) in [6.45, 7) is 10.5. The van der Waals surface area contributed by atoms with Gasteiger partial charge in [0.15, 0.2) is 0 Å². The van der Waals surface area contributed by atoms with Crippen molar-refractivity contribution in [3.63, 3.8) is 0 Å². The van der Waals surface area contributed by atoms with Gasteiger partial charge in [-0.2, -0.15) is 0 Å². The van der Waals surface area contributed by atoms with Crippen LogP contribution in [-0.2, 0) is 24.2 Å². The fraction of sp³-hybridized carbons (Fsp3) is 0.682. The molecule has 2 N–H and O–H groups in total. The Kier molecular flexibility index (Phi) is 9.42. The lowest BCUT2D eigenvalue weighted by molar-refractivity contribution is -0.138. The van der Waals surface area contributed by atoms with E-state index in [0.717, 1.165) is 43.4 Å². The first-order valence-corrected chi connectivity index (χ1v) is 10.6. The maximum atomic E-state index is 13.2. The molecule has 0 bridgehead atoms. The molecule has 0 aliphatic carbocycles. The largest absolute Gasteiger partial charge is 0.481 e. The van der Waals surface area contributed by atoms with Crippen LogP contribution in [0.2, 0.25) is 0 Å². The molecule has 0 saturated heterocycles. The van der Waals surface area contributed by atoms with Crippen molar-refractivity contribution in [2.45, 2.75) is 98.1 Å². The monoisotopic (exact) mass is 392 g/mol. The van der Waals surface area contributed by atoms with Gasteiger partial charge in [0.1, 0.15) is 5.56 Å². The molecule has 158 valence electrons. The summed E-state index contributed by atoms with van der Waals surface area (Å²) < 4.78 is 1.76. The van der Waals surface area contributed by atoms with Crippen molar-refractivity contribution in [1.29, 1.82) is 0 Å². The quantitative estimate of drug-likeness (QED) is 0.564. The van der Waals surface area contributed by atoms with Crippen molar-refractivity contribution in [1.82, 2.24) is 9.88 Å². The Morgan fingerprint density at radius 3 is 2.21 bits per heavy atom. The van der Waals surface area contributed by atoms with Crippen LogP contribution < -0.4 is 10.9 Å². The van der Waals surface area contributed by atoms with Crippen molar-refractivity contribution < 1.29 is 14.7 Å². The van der Waals surface area contributed by atoms with E-state index in [1.807, 2.05) is 20.8 Å². The number of carboxylic acids is 1. The van der Waals surface area contributed by atoms with Crippen molar-refractivity contribution in [2.75, 3.05) is 0 Å². The second kappa shape index (κ2) is 11.0. The molecule has 0 atom stereocenters. The molecule has 1 heterocycles. The molecule has 0 spiro atoms. The zero-order valence-electron chi connectivity index (χ0n) is 18.1. The predicted octanol–water partition coefficient (Wildman–Crippen LogP) is 3.93. The molecule has 28 heavy (non-hydrogen) atoms. The number of rotatable bonds is 12. The first kappa shape index (κ1) is 23.9. The average Bonchev–Trinajstić information content (AvgIpc) is 2.66. The van der Waals surface area contributed by atoms with Crippen molar-refractivity contribution in [3.05, 3.63) is 33.2 Å². The van der Waals surface area contributed by atoms with Crippen LogP contribution >= 0.6 is 0 Å². The van der Waals surface area contributed by atoms with Gasteiger partial charge in [0, 0.05) is 12.2 Å². The number of hydrogen-bond acceptors (Lipinski definition) is 3. The van der Waals surface area contributed by atoms with Crippen LogP contribution in [0.3, 0.4) is 0 Å². The third-order valence-electron chi connectivity index (χ3n) is 5.56. The molecular formula is C22H36N2O4. The van der Waals surface area contributed by atoms with Gasteiger partial charge in [-0.25, -0.2) is 0 Å². The number of amides is 1. The number of aliphatic carboxylic acids is 1. The minimum absolute atomic E-state index is 0.115. The number of nitrogens with zero attached hydrogens (tertiary/aromatic N) is 1. The van der Waals surface area contributed by atoms with Crippen LogP contribution in [0, 0.1) is 0 Å². The third-order valence-corrected chi connectivity index (χ3v) is 5.56. The highest BCUT2D eigenvalue weighted by atomic mass is 16.4. The number of hydrogen-bond donors (Lipinski definition) is 2. The van der Waals surface area contributed by atoms with Crippen LogP contribution in [0.25, 0.3) is 0 Å². The maximum absolute atomic E-state index is 13.2. The van der Waals surface area contributed by atoms with Crippen LogP contribution in [0.5, 0.6) is 0 Å². The van der Waals surface area contributed by atoms with Crippen molar-refractivity contribution >= 4 is 11.9 Å². The minimum Gasteiger partial charge on any atom is -0.481 e. The third kappa shape index (κ3) is 5.69. The number of nitrogens with one attached hydrogen (secondary N) is 1. The Labute approximate surface area is 168 Å². The second-order valence-corrected chi connectivity index (χ2v) is 7.46. The molecule has 1 rings (SSSR count). The summed E-state index contributed by atoms with van der Waals surface area (Å²) in [7, 11) is 0. The first-order valence-electron chi connectivity index (χ1n) is 10.6. The molecule has 1 aromatic rings. The molecule has 6 heteroatoms. The molecule has 0 fully saturated rings. The summed E-state index contributed by atoms with van der Waals surface area (Å²) in [5.41, 5.74) is 1.02. The topological polar surface area (TPSA) is 88.4 Å². The van der Waals surface area contributed by atoms with Gasteiger partial charge in [0.05, 0.1) is 12.0 Å². The summed E-state index contributed by atoms with van der Waals surface area (Å²) in [4.78, 5) is 37.5. The minimum atomic E-state index is -0.961. The lowest BCUT2D eigenvalue weighted by Crippen LogP contribution is -2.50. The Bertz CT molecular complexity index is 733. The fourth-order valence-electron chi connectivity index (χ4n) is 3.63. The molecule has 0 aromatic carbocycles. The molecular weight excluding hydrogens is 356 g/mol. The smallest absolute Gasteiger partial charge is 0.305 e. The standard InChI is InChI=1S/C22H36N2O4/c1-6-11-13-24-18(12-7-2)16(8-3)14-17(21(24)28)20(27)23-22(9-4,10-5)15-19(25)26/h14H,6-13,15H2,1-5H3,(H,23,27)(H,25,26). The number of pyridine rings is 1. The van der Waals surface area contributed by atoms with E-state index >= 15 is 0 Å². The van der Waals surface area contributed by atoms with Gasteiger partial charge in [0.25, 0.3) is 11.5 Å². The lowest BCUT2D eigenvalue weighted by Gasteiger charge is -2.31. The average molecular weight is 393 g/mol. The maximum Gasteiger partial charge on any atom is 0.305 e. The summed E-state index contributed by atoms with van der Waals surface area (Å²) in [5.74, 6) is -1.44. The fourth-order valence-corrected chi connectivity index (χ4v) is 3.63. The number of aromatic nitrogens is 1. The van der Waals surface area contributed by atoms with Crippen molar-refractivity contribution in [3.8, 4) is 0 Å². The lowest BCUT2D eigenvalue weighted by atomic mass is 9.88. The van der Waals surface area contributed by atoms with Gasteiger partial charge in [0.2, 0.25) is 0 Å². The zero-order chi connectivity index (χ0) is 21.3. The van der Waals surface area contributed by atoms with E-state index < -0.39 is 17.4 Å².